The summed E-state index contributed by atoms with van der Waals surface area (Å²) in [5.74, 6) is -0.286. The van der Waals surface area contributed by atoms with E-state index in [2.05, 4.69) is 16.0 Å². The minimum absolute atomic E-state index is 0.0162. The van der Waals surface area contributed by atoms with Crippen molar-refractivity contribution in [2.24, 2.45) is 5.92 Å². The first kappa shape index (κ1) is 30.5. The van der Waals surface area contributed by atoms with Gasteiger partial charge >= 0.3 is 0 Å². The molecule has 0 fully saturated rings. The maximum Gasteiger partial charge on any atom is 0.255 e. The van der Waals surface area contributed by atoms with Crippen LogP contribution >= 0.6 is 0 Å². The Hall–Kier alpha value is -4.08. The number of amides is 4. The molecule has 0 saturated carbocycles. The molecular weight excluding hydrogens is 512 g/mol. The Morgan fingerprint density at radius 2 is 1.90 bits per heavy atom. The van der Waals surface area contributed by atoms with E-state index in [1.54, 1.807) is 38.4 Å². The van der Waals surface area contributed by atoms with Gasteiger partial charge in [0.05, 0.1) is 25.3 Å². The van der Waals surface area contributed by atoms with Gasteiger partial charge in [0.25, 0.3) is 5.91 Å². The lowest BCUT2D eigenvalue weighted by Gasteiger charge is -2.24. The summed E-state index contributed by atoms with van der Waals surface area (Å²) in [6.07, 6.45) is 1.49. The molecule has 0 radical (unpaired) electrons. The van der Waals surface area contributed by atoms with Crippen LogP contribution in [0.25, 0.3) is 0 Å². The number of likely N-dealkylation sites (N-methyl/N-ethyl adjacent to an activating group) is 1. The Labute approximate surface area is 235 Å². The van der Waals surface area contributed by atoms with Gasteiger partial charge in [-0.25, -0.2) is 0 Å². The van der Waals surface area contributed by atoms with Gasteiger partial charge < -0.3 is 30.3 Å². The maximum atomic E-state index is 13.3. The number of nitrogens with one attached hydrogen (secondary N) is 3. The third-order valence-corrected chi connectivity index (χ3v) is 6.85. The summed E-state index contributed by atoms with van der Waals surface area (Å²) in [5.41, 5.74) is 1.36. The van der Waals surface area contributed by atoms with Crippen LogP contribution in [0.4, 0.5) is 0 Å². The van der Waals surface area contributed by atoms with Crippen LogP contribution in [0.5, 0.6) is 11.5 Å². The summed E-state index contributed by atoms with van der Waals surface area (Å²) in [4.78, 5) is 53.2. The van der Waals surface area contributed by atoms with Gasteiger partial charge in [0.2, 0.25) is 17.7 Å². The molecule has 2 atom stereocenters. The molecule has 0 spiro atoms. The van der Waals surface area contributed by atoms with Gasteiger partial charge in [-0.05, 0) is 55.0 Å². The number of rotatable bonds is 7. The van der Waals surface area contributed by atoms with Crippen molar-refractivity contribution in [1.82, 2.24) is 20.9 Å². The number of carbonyl (C=O) groups is 4. The van der Waals surface area contributed by atoms with Crippen molar-refractivity contribution in [2.45, 2.75) is 51.6 Å². The van der Waals surface area contributed by atoms with Crippen LogP contribution in [0.15, 0.2) is 48.5 Å². The van der Waals surface area contributed by atoms with E-state index in [1.165, 1.54) is 4.90 Å². The zero-order valence-electron chi connectivity index (χ0n) is 23.7. The molecule has 1 aliphatic rings. The molecule has 0 unspecified atom stereocenters. The maximum absolute atomic E-state index is 13.3. The first-order valence-electron chi connectivity index (χ1n) is 13.6. The first-order valence-corrected chi connectivity index (χ1v) is 13.6. The van der Waals surface area contributed by atoms with Crippen molar-refractivity contribution >= 4 is 23.6 Å². The molecule has 1 heterocycles. The molecule has 0 bridgehead atoms. The molecule has 3 rings (SSSR count). The lowest BCUT2D eigenvalue weighted by molar-refractivity contribution is -0.135. The van der Waals surface area contributed by atoms with Crippen LogP contribution in [0.1, 0.15) is 49.0 Å². The van der Waals surface area contributed by atoms with E-state index >= 15 is 0 Å². The second-order valence-corrected chi connectivity index (χ2v) is 10.3. The highest BCUT2D eigenvalue weighted by atomic mass is 16.5. The third kappa shape index (κ3) is 9.00. The smallest absolute Gasteiger partial charge is 0.255 e. The number of aryl methyl sites for hydroxylation is 1. The number of hydrogen-bond acceptors (Lipinski definition) is 6. The number of fused-ring (bicyclic) bond motifs is 1. The van der Waals surface area contributed by atoms with Gasteiger partial charge in [-0.2, -0.15) is 0 Å². The second kappa shape index (κ2) is 14.9. The van der Waals surface area contributed by atoms with E-state index in [-0.39, 0.29) is 61.2 Å². The fourth-order valence-corrected chi connectivity index (χ4v) is 4.34. The summed E-state index contributed by atoms with van der Waals surface area (Å²) in [7, 11) is 3.16. The standard InChI is InChI=1S/C30H40N4O6/c1-20(2)25-19-40-26-13-6-5-12-23(26)29(37)33-24(14-15-28(36)34(3)18-27(35)32-25)30(38)31-16-8-10-21-9-7-11-22(17-21)39-4/h5-7,9,11-13,17,20,24-25H,8,10,14-16,18-19H2,1-4H3,(H,31,38)(H,32,35)(H,33,37)/t24-,25-/m0/s1. The quantitative estimate of drug-likeness (QED) is 0.453. The van der Waals surface area contributed by atoms with E-state index in [0.717, 1.165) is 17.7 Å². The van der Waals surface area contributed by atoms with Gasteiger partial charge in [0, 0.05) is 20.0 Å². The summed E-state index contributed by atoms with van der Waals surface area (Å²) in [5, 5.41) is 8.60. The average molecular weight is 553 g/mol. The monoisotopic (exact) mass is 552 g/mol. The van der Waals surface area contributed by atoms with E-state index in [9.17, 15) is 19.2 Å². The molecule has 0 saturated heterocycles. The summed E-state index contributed by atoms with van der Waals surface area (Å²) in [6.45, 7) is 4.33. The van der Waals surface area contributed by atoms with Crippen LogP contribution in [0.3, 0.4) is 0 Å². The Balaban J connectivity index is 1.73. The molecule has 2 aromatic rings. The Morgan fingerprint density at radius 1 is 1.12 bits per heavy atom. The van der Waals surface area contributed by atoms with Gasteiger partial charge in [0.15, 0.2) is 0 Å². The fourth-order valence-electron chi connectivity index (χ4n) is 4.34. The lowest BCUT2D eigenvalue weighted by atomic mass is 10.1. The summed E-state index contributed by atoms with van der Waals surface area (Å²) in [6, 6.07) is 13.2. The van der Waals surface area contributed by atoms with Crippen molar-refractivity contribution < 1.29 is 28.7 Å². The Morgan fingerprint density at radius 3 is 2.65 bits per heavy atom. The molecule has 0 aliphatic carbocycles. The minimum Gasteiger partial charge on any atom is -0.497 e. The molecule has 40 heavy (non-hydrogen) atoms. The minimum atomic E-state index is -0.947. The van der Waals surface area contributed by atoms with Gasteiger partial charge in [0.1, 0.15) is 24.1 Å². The number of carbonyl (C=O) groups excluding carboxylic acids is 4. The van der Waals surface area contributed by atoms with Crippen LogP contribution in [-0.2, 0) is 20.8 Å². The molecule has 4 amide bonds. The fraction of sp³-hybridized carbons (Fsp3) is 0.467. The number of nitrogens with zero attached hydrogens (tertiary/aromatic N) is 1. The highest BCUT2D eigenvalue weighted by Crippen LogP contribution is 2.20. The van der Waals surface area contributed by atoms with Crippen LogP contribution < -0.4 is 25.4 Å². The van der Waals surface area contributed by atoms with Gasteiger partial charge in [-0.15, -0.1) is 0 Å². The SMILES string of the molecule is COc1cccc(CCCNC(=O)[C@@H]2CCC(=O)N(C)CC(=O)N[C@H](C(C)C)COc3ccccc3C(=O)N2)c1. The first-order chi connectivity index (χ1) is 19.2. The number of benzene rings is 2. The van der Waals surface area contributed by atoms with Crippen molar-refractivity contribution in [3.05, 3.63) is 59.7 Å². The van der Waals surface area contributed by atoms with Gasteiger partial charge in [-0.3, -0.25) is 19.2 Å². The van der Waals surface area contributed by atoms with E-state index < -0.39 is 11.9 Å². The van der Waals surface area contributed by atoms with E-state index in [0.29, 0.717) is 18.7 Å². The molecule has 3 N–H and O–H groups in total. The molecular formula is C30H40N4O6. The number of para-hydroxylation sites is 1. The van der Waals surface area contributed by atoms with Crippen LogP contribution in [-0.4, -0.2) is 74.5 Å². The van der Waals surface area contributed by atoms with Crippen LogP contribution in [0.2, 0.25) is 0 Å². The predicted octanol–water partition coefficient (Wildman–Crippen LogP) is 2.31. The molecule has 2 aromatic carbocycles. The van der Waals surface area contributed by atoms with Crippen molar-refractivity contribution in [3.63, 3.8) is 0 Å². The Bertz CT molecular complexity index is 1180. The number of ether oxygens (including phenoxy) is 2. The van der Waals surface area contributed by atoms with Crippen molar-refractivity contribution in [2.75, 3.05) is 33.9 Å². The summed E-state index contributed by atoms with van der Waals surface area (Å²) >= 11 is 0. The number of hydrogen-bond donors (Lipinski definition) is 3. The van der Waals surface area contributed by atoms with Crippen molar-refractivity contribution in [1.29, 1.82) is 0 Å². The van der Waals surface area contributed by atoms with E-state index in [1.807, 2.05) is 38.1 Å². The highest BCUT2D eigenvalue weighted by Gasteiger charge is 2.26. The number of methoxy groups -OCH3 is 1. The molecule has 0 aromatic heterocycles. The highest BCUT2D eigenvalue weighted by molar-refractivity contribution is 5.99. The summed E-state index contributed by atoms with van der Waals surface area (Å²) < 4.78 is 11.2. The topological polar surface area (TPSA) is 126 Å². The molecule has 10 nitrogen and oxygen atoms in total. The van der Waals surface area contributed by atoms with E-state index in [4.69, 9.17) is 9.47 Å². The zero-order chi connectivity index (χ0) is 29.1. The Kier molecular flexibility index (Phi) is 11.4. The van der Waals surface area contributed by atoms with Gasteiger partial charge in [-0.1, -0.05) is 38.1 Å². The third-order valence-electron chi connectivity index (χ3n) is 6.85. The zero-order valence-corrected chi connectivity index (χ0v) is 23.7. The lowest BCUT2D eigenvalue weighted by Crippen LogP contribution is -2.48. The largest absolute Gasteiger partial charge is 0.497 e. The molecule has 10 heteroatoms. The molecule has 216 valence electrons. The second-order valence-electron chi connectivity index (χ2n) is 10.3. The van der Waals surface area contributed by atoms with Crippen LogP contribution in [0, 0.1) is 5.92 Å². The normalized spacial score (nSPS) is 18.9. The van der Waals surface area contributed by atoms with Crippen molar-refractivity contribution in [3.8, 4) is 11.5 Å². The predicted molar refractivity (Wildman–Crippen MR) is 151 cm³/mol. The molecule has 1 aliphatic heterocycles. The average Bonchev–Trinajstić information content (AvgIpc) is 2.94.